The Morgan fingerprint density at radius 1 is 1.24 bits per heavy atom. The van der Waals surface area contributed by atoms with Crippen molar-refractivity contribution in [2.24, 2.45) is 0 Å². The topological polar surface area (TPSA) is 30.7 Å². The molecule has 2 rings (SSSR count). The van der Waals surface area contributed by atoms with Gasteiger partial charge in [0.2, 0.25) is 0 Å². The van der Waals surface area contributed by atoms with E-state index >= 15 is 0 Å². The summed E-state index contributed by atoms with van der Waals surface area (Å²) in [4.78, 5) is 0.217. The molecule has 0 bridgehead atoms. The minimum atomic E-state index is 0.217. The number of aryl methyl sites for hydroxylation is 2. The van der Waals surface area contributed by atoms with Crippen molar-refractivity contribution in [2.45, 2.75) is 25.6 Å². The van der Waals surface area contributed by atoms with E-state index in [0.29, 0.717) is 0 Å². The lowest BCUT2D eigenvalue weighted by Crippen LogP contribution is -1.97. The summed E-state index contributed by atoms with van der Waals surface area (Å²) < 4.78 is 2.95. The number of benzene rings is 1. The van der Waals surface area contributed by atoms with Gasteiger partial charge in [0.25, 0.3) is 0 Å². The van der Waals surface area contributed by atoms with Gasteiger partial charge in [0.05, 0.1) is 22.4 Å². The number of aromatic nitrogens is 3. The molecule has 90 valence electrons. The lowest BCUT2D eigenvalue weighted by molar-refractivity contribution is 0.796. The molecule has 0 saturated carbocycles. The summed E-state index contributed by atoms with van der Waals surface area (Å²) in [7, 11) is 0. The van der Waals surface area contributed by atoms with Gasteiger partial charge in [-0.1, -0.05) is 37.1 Å². The second-order valence-corrected chi connectivity index (χ2v) is 6.26. The van der Waals surface area contributed by atoms with Crippen LogP contribution in [0, 0.1) is 13.8 Å². The first-order chi connectivity index (χ1) is 7.99. The third-order valence-corrected chi connectivity index (χ3v) is 4.32. The Bertz CT molecular complexity index is 523. The van der Waals surface area contributed by atoms with Gasteiger partial charge in [-0.25, -0.2) is 4.68 Å². The van der Waals surface area contributed by atoms with Crippen LogP contribution in [0.2, 0.25) is 0 Å². The molecule has 1 aromatic carbocycles. The minimum absolute atomic E-state index is 0.217. The van der Waals surface area contributed by atoms with Gasteiger partial charge in [-0.3, -0.25) is 0 Å². The number of hydrogen-bond donors (Lipinski definition) is 0. The molecule has 0 radical (unpaired) electrons. The van der Waals surface area contributed by atoms with E-state index in [4.69, 9.17) is 0 Å². The number of hydrogen-bond acceptors (Lipinski definition) is 2. The zero-order valence-electron chi connectivity index (χ0n) is 9.91. The first kappa shape index (κ1) is 12.8. The van der Waals surface area contributed by atoms with E-state index in [1.165, 1.54) is 11.1 Å². The molecule has 0 aliphatic rings. The summed E-state index contributed by atoms with van der Waals surface area (Å²) in [6, 6.07) is 4.18. The quantitative estimate of drug-likeness (QED) is 0.756. The Morgan fingerprint density at radius 2 is 1.82 bits per heavy atom. The molecule has 2 aromatic rings. The zero-order chi connectivity index (χ0) is 12.6. The van der Waals surface area contributed by atoms with E-state index in [1.807, 2.05) is 13.1 Å². The van der Waals surface area contributed by atoms with Crippen LogP contribution in [0.15, 0.2) is 22.8 Å². The molecule has 17 heavy (non-hydrogen) atoms. The number of alkyl halides is 1. The number of nitrogens with zero attached hydrogens (tertiary/aromatic N) is 3. The third-order valence-electron chi connectivity index (χ3n) is 2.60. The molecular formula is C12H13Br2N3. The third kappa shape index (κ3) is 2.60. The van der Waals surface area contributed by atoms with Crippen LogP contribution in [-0.2, 0) is 0 Å². The van der Waals surface area contributed by atoms with Gasteiger partial charge in [-0.2, -0.15) is 0 Å². The van der Waals surface area contributed by atoms with Crippen molar-refractivity contribution >= 4 is 31.9 Å². The largest absolute Gasteiger partial charge is 0.220 e. The van der Waals surface area contributed by atoms with E-state index in [0.717, 1.165) is 15.9 Å². The van der Waals surface area contributed by atoms with Crippen LogP contribution in [0.1, 0.15) is 28.6 Å². The Kier molecular flexibility index (Phi) is 3.68. The van der Waals surface area contributed by atoms with Crippen LogP contribution < -0.4 is 0 Å². The predicted octanol–water partition coefficient (Wildman–Crippen LogP) is 4.10. The molecule has 1 atom stereocenters. The molecule has 0 spiro atoms. The van der Waals surface area contributed by atoms with Crippen LogP contribution in [-0.4, -0.2) is 15.0 Å². The summed E-state index contributed by atoms with van der Waals surface area (Å²) in [5.74, 6) is 0. The van der Waals surface area contributed by atoms with Crippen molar-refractivity contribution in [3.8, 4) is 5.69 Å². The van der Waals surface area contributed by atoms with Crippen molar-refractivity contribution in [3.05, 3.63) is 39.6 Å². The van der Waals surface area contributed by atoms with Crippen LogP contribution in [0.25, 0.3) is 5.69 Å². The predicted molar refractivity (Wildman–Crippen MR) is 75.9 cm³/mol. The highest BCUT2D eigenvalue weighted by Crippen LogP contribution is 2.25. The molecule has 1 heterocycles. The van der Waals surface area contributed by atoms with E-state index in [1.54, 1.807) is 4.68 Å². The number of rotatable bonds is 2. The van der Waals surface area contributed by atoms with E-state index in [-0.39, 0.29) is 4.83 Å². The first-order valence-corrected chi connectivity index (χ1v) is 7.03. The van der Waals surface area contributed by atoms with Gasteiger partial charge < -0.3 is 0 Å². The Hall–Kier alpha value is -0.680. The van der Waals surface area contributed by atoms with Crippen molar-refractivity contribution in [1.82, 2.24) is 15.0 Å². The van der Waals surface area contributed by atoms with E-state index in [2.05, 4.69) is 68.2 Å². The SMILES string of the molecule is Cc1cc(-n2cc(C(C)Br)nn2)cc(C)c1Br. The fourth-order valence-corrected chi connectivity index (χ4v) is 2.08. The fourth-order valence-electron chi connectivity index (χ4n) is 1.64. The second kappa shape index (κ2) is 4.90. The lowest BCUT2D eigenvalue weighted by atomic mass is 10.1. The highest BCUT2D eigenvalue weighted by Gasteiger charge is 2.09. The molecule has 1 aromatic heterocycles. The van der Waals surface area contributed by atoms with Gasteiger partial charge in [0.1, 0.15) is 0 Å². The first-order valence-electron chi connectivity index (χ1n) is 5.32. The zero-order valence-corrected chi connectivity index (χ0v) is 13.1. The van der Waals surface area contributed by atoms with Gasteiger partial charge in [0.15, 0.2) is 0 Å². The van der Waals surface area contributed by atoms with Gasteiger partial charge >= 0.3 is 0 Å². The molecule has 3 nitrogen and oxygen atoms in total. The summed E-state index contributed by atoms with van der Waals surface area (Å²) >= 11 is 7.05. The number of halogens is 2. The Balaban J connectivity index is 2.46. The van der Waals surface area contributed by atoms with Crippen molar-refractivity contribution < 1.29 is 0 Å². The smallest absolute Gasteiger partial charge is 0.0965 e. The normalized spacial score (nSPS) is 12.8. The minimum Gasteiger partial charge on any atom is -0.220 e. The summed E-state index contributed by atoms with van der Waals surface area (Å²) in [6.45, 7) is 6.18. The van der Waals surface area contributed by atoms with Crippen molar-refractivity contribution in [3.63, 3.8) is 0 Å². The van der Waals surface area contributed by atoms with Crippen molar-refractivity contribution in [2.75, 3.05) is 0 Å². The summed E-state index contributed by atoms with van der Waals surface area (Å²) in [5, 5.41) is 8.27. The molecule has 0 fully saturated rings. The molecule has 0 aliphatic carbocycles. The van der Waals surface area contributed by atoms with Gasteiger partial charge in [0, 0.05) is 4.47 Å². The highest BCUT2D eigenvalue weighted by molar-refractivity contribution is 9.10. The Labute approximate surface area is 117 Å². The van der Waals surface area contributed by atoms with Crippen LogP contribution >= 0.6 is 31.9 Å². The average molecular weight is 359 g/mol. The highest BCUT2D eigenvalue weighted by atomic mass is 79.9. The fraction of sp³-hybridized carbons (Fsp3) is 0.333. The maximum Gasteiger partial charge on any atom is 0.0965 e. The van der Waals surface area contributed by atoms with Gasteiger partial charge in [-0.05, 0) is 44.0 Å². The van der Waals surface area contributed by atoms with Crippen LogP contribution in [0.3, 0.4) is 0 Å². The lowest BCUT2D eigenvalue weighted by Gasteiger charge is -2.07. The van der Waals surface area contributed by atoms with Crippen LogP contribution in [0.4, 0.5) is 0 Å². The molecule has 0 amide bonds. The summed E-state index contributed by atoms with van der Waals surface area (Å²) in [6.07, 6.45) is 1.95. The van der Waals surface area contributed by atoms with E-state index < -0.39 is 0 Å². The van der Waals surface area contributed by atoms with E-state index in [9.17, 15) is 0 Å². The maximum atomic E-state index is 4.14. The average Bonchev–Trinajstić information content (AvgIpc) is 2.74. The van der Waals surface area contributed by atoms with Crippen molar-refractivity contribution in [1.29, 1.82) is 0 Å². The molecule has 5 heteroatoms. The maximum absolute atomic E-state index is 4.14. The Morgan fingerprint density at radius 3 is 2.29 bits per heavy atom. The van der Waals surface area contributed by atoms with Gasteiger partial charge in [-0.15, -0.1) is 5.10 Å². The molecule has 0 saturated heterocycles. The molecule has 0 N–H and O–H groups in total. The second-order valence-electron chi connectivity index (χ2n) is 4.10. The molecular weight excluding hydrogens is 346 g/mol. The summed E-state index contributed by atoms with van der Waals surface area (Å²) in [5.41, 5.74) is 4.37. The van der Waals surface area contributed by atoms with Crippen LogP contribution in [0.5, 0.6) is 0 Å². The monoisotopic (exact) mass is 357 g/mol. The standard InChI is InChI=1S/C12H13Br2N3/c1-7-4-10(5-8(2)12(7)14)17-6-11(9(3)13)15-16-17/h4-6,9H,1-3H3. The molecule has 0 aliphatic heterocycles. The molecule has 1 unspecified atom stereocenters.